The molecule has 178 valence electrons. The zero-order chi connectivity index (χ0) is 23.5. The van der Waals surface area contributed by atoms with Crippen molar-refractivity contribution < 1.29 is 14.3 Å². The Morgan fingerprint density at radius 2 is 1.71 bits per heavy atom. The molecule has 0 N–H and O–H groups in total. The first-order valence-corrected chi connectivity index (χ1v) is 12.4. The number of likely N-dealkylation sites (tertiary alicyclic amines) is 2. The molecule has 34 heavy (non-hydrogen) atoms. The molecule has 2 saturated heterocycles. The first-order valence-electron chi connectivity index (χ1n) is 12.0. The number of ether oxygens (including phenoxy) is 1. The van der Waals surface area contributed by atoms with Gasteiger partial charge in [0.2, 0.25) is 0 Å². The summed E-state index contributed by atoms with van der Waals surface area (Å²) >= 11 is 5.89. The van der Waals surface area contributed by atoms with Crippen molar-refractivity contribution in [3.8, 4) is 5.75 Å². The molecular formula is C26H29ClN4O3. The Balaban J connectivity index is 1.21. The highest BCUT2D eigenvalue weighted by molar-refractivity contribution is 6.30. The molecule has 2 aromatic heterocycles. The molecule has 4 heterocycles. The quantitative estimate of drug-likeness (QED) is 0.543. The first-order chi connectivity index (χ1) is 16.6. The van der Waals surface area contributed by atoms with Gasteiger partial charge in [0.1, 0.15) is 5.75 Å². The van der Waals surface area contributed by atoms with E-state index in [0.717, 1.165) is 44.3 Å². The van der Waals surface area contributed by atoms with Crippen molar-refractivity contribution >= 4 is 28.9 Å². The highest BCUT2D eigenvalue weighted by atomic mass is 35.5. The molecule has 0 saturated carbocycles. The summed E-state index contributed by atoms with van der Waals surface area (Å²) in [6.45, 7) is 3.05. The summed E-state index contributed by atoms with van der Waals surface area (Å²) < 4.78 is 7.40. The minimum absolute atomic E-state index is 0.00550. The average Bonchev–Trinajstić information content (AvgIpc) is 3.31. The van der Waals surface area contributed by atoms with E-state index in [1.807, 2.05) is 16.0 Å². The molecule has 0 radical (unpaired) electrons. The molecule has 2 aliphatic heterocycles. The van der Waals surface area contributed by atoms with Crippen molar-refractivity contribution in [3.63, 3.8) is 0 Å². The van der Waals surface area contributed by atoms with Crippen LogP contribution in [0.5, 0.6) is 5.75 Å². The van der Waals surface area contributed by atoms with Crippen LogP contribution in [0.1, 0.15) is 53.9 Å². The lowest BCUT2D eigenvalue weighted by Gasteiger charge is -2.32. The molecular weight excluding hydrogens is 452 g/mol. The summed E-state index contributed by atoms with van der Waals surface area (Å²) in [4.78, 5) is 29.5. The van der Waals surface area contributed by atoms with E-state index >= 15 is 0 Å². The van der Waals surface area contributed by atoms with Crippen LogP contribution in [0.4, 0.5) is 0 Å². The third-order valence-corrected chi connectivity index (χ3v) is 7.17. The van der Waals surface area contributed by atoms with Crippen LogP contribution in [0.15, 0.2) is 48.8 Å². The molecule has 0 spiro atoms. The third-order valence-electron chi connectivity index (χ3n) is 6.91. The molecule has 0 atom stereocenters. The molecule has 0 aliphatic carbocycles. The Kier molecular flexibility index (Phi) is 6.72. The lowest BCUT2D eigenvalue weighted by atomic mass is 9.89. The number of rotatable bonds is 5. The fourth-order valence-corrected chi connectivity index (χ4v) is 5.04. The molecule has 2 aliphatic rings. The van der Waals surface area contributed by atoms with E-state index < -0.39 is 0 Å². The lowest BCUT2D eigenvalue weighted by Crippen LogP contribution is -2.40. The van der Waals surface area contributed by atoms with E-state index in [0.29, 0.717) is 35.3 Å². The van der Waals surface area contributed by atoms with Gasteiger partial charge in [0.25, 0.3) is 11.8 Å². The zero-order valence-corrected chi connectivity index (χ0v) is 19.9. The monoisotopic (exact) mass is 480 g/mol. The van der Waals surface area contributed by atoms with Crippen LogP contribution >= 0.6 is 11.6 Å². The second-order valence-electron chi connectivity index (χ2n) is 9.10. The summed E-state index contributed by atoms with van der Waals surface area (Å²) in [5.41, 5.74) is 2.74. The average molecular weight is 481 g/mol. The van der Waals surface area contributed by atoms with Crippen LogP contribution in [0.25, 0.3) is 5.52 Å². The molecule has 0 bridgehead atoms. The molecule has 1 aromatic carbocycles. The standard InChI is InChI=1S/C26H29ClN4O3/c27-21-4-6-22(7-5-21)34-18-25(32)29-13-8-19(9-14-29)20-10-15-31-24(16-20)23(17-28-31)26(33)30-11-2-1-3-12-30/h4-7,10,15-17,19H,1-3,8-9,11-14,18H2. The van der Waals surface area contributed by atoms with Gasteiger partial charge in [-0.1, -0.05) is 11.6 Å². The van der Waals surface area contributed by atoms with Gasteiger partial charge in [-0.25, -0.2) is 4.52 Å². The summed E-state index contributed by atoms with van der Waals surface area (Å²) in [5, 5.41) is 5.04. The minimum Gasteiger partial charge on any atom is -0.484 e. The van der Waals surface area contributed by atoms with Crippen LogP contribution in [0, 0.1) is 0 Å². The Hall–Kier alpha value is -3.06. The second-order valence-corrected chi connectivity index (χ2v) is 9.54. The Morgan fingerprint density at radius 3 is 2.44 bits per heavy atom. The second kappa shape index (κ2) is 10.1. The van der Waals surface area contributed by atoms with Crippen LogP contribution in [0.2, 0.25) is 5.02 Å². The Labute approximate surface area is 204 Å². The molecule has 2 fully saturated rings. The van der Waals surface area contributed by atoms with Crippen LogP contribution < -0.4 is 4.74 Å². The number of benzene rings is 1. The van der Waals surface area contributed by atoms with E-state index in [1.165, 1.54) is 12.0 Å². The zero-order valence-electron chi connectivity index (χ0n) is 19.2. The number of pyridine rings is 1. The van der Waals surface area contributed by atoms with Gasteiger partial charge in [-0.3, -0.25) is 9.59 Å². The maximum Gasteiger partial charge on any atom is 0.260 e. The van der Waals surface area contributed by atoms with Crippen molar-refractivity contribution in [2.24, 2.45) is 0 Å². The third kappa shape index (κ3) is 4.89. The van der Waals surface area contributed by atoms with E-state index in [9.17, 15) is 9.59 Å². The van der Waals surface area contributed by atoms with Gasteiger partial charge in [-0.2, -0.15) is 5.10 Å². The van der Waals surface area contributed by atoms with Gasteiger partial charge >= 0.3 is 0 Å². The fraction of sp³-hybridized carbons (Fsp3) is 0.423. The summed E-state index contributed by atoms with van der Waals surface area (Å²) in [6, 6.07) is 11.2. The summed E-state index contributed by atoms with van der Waals surface area (Å²) in [5.74, 6) is 1.05. The number of fused-ring (bicyclic) bond motifs is 1. The molecule has 8 heteroatoms. The smallest absolute Gasteiger partial charge is 0.260 e. The van der Waals surface area contributed by atoms with E-state index in [2.05, 4.69) is 17.2 Å². The molecule has 2 amide bonds. The van der Waals surface area contributed by atoms with Crippen molar-refractivity contribution in [1.82, 2.24) is 19.4 Å². The van der Waals surface area contributed by atoms with E-state index in [1.54, 1.807) is 35.0 Å². The number of aromatic nitrogens is 2. The van der Waals surface area contributed by atoms with Gasteiger partial charge in [0.15, 0.2) is 6.61 Å². The highest BCUT2D eigenvalue weighted by Gasteiger charge is 2.26. The van der Waals surface area contributed by atoms with Gasteiger partial charge in [0, 0.05) is 37.4 Å². The van der Waals surface area contributed by atoms with Gasteiger partial charge in [-0.15, -0.1) is 0 Å². The Morgan fingerprint density at radius 1 is 0.971 bits per heavy atom. The molecule has 3 aromatic rings. The van der Waals surface area contributed by atoms with E-state index in [4.69, 9.17) is 16.3 Å². The SMILES string of the molecule is O=C(COc1ccc(Cl)cc1)N1CCC(c2ccn3ncc(C(=O)N4CCCCC4)c3c2)CC1. The lowest BCUT2D eigenvalue weighted by molar-refractivity contribution is -0.134. The highest BCUT2D eigenvalue weighted by Crippen LogP contribution is 2.30. The van der Waals surface area contributed by atoms with Crippen molar-refractivity contribution in [2.45, 2.75) is 38.0 Å². The predicted molar refractivity (Wildman–Crippen MR) is 130 cm³/mol. The number of carbonyl (C=O) groups is 2. The fourth-order valence-electron chi connectivity index (χ4n) is 4.91. The minimum atomic E-state index is -0.00550. The number of nitrogens with zero attached hydrogens (tertiary/aromatic N) is 4. The van der Waals surface area contributed by atoms with Gasteiger partial charge in [-0.05, 0) is 80.0 Å². The van der Waals surface area contributed by atoms with E-state index in [-0.39, 0.29) is 18.4 Å². The summed E-state index contributed by atoms with van der Waals surface area (Å²) in [7, 11) is 0. The summed E-state index contributed by atoms with van der Waals surface area (Å²) in [6.07, 6.45) is 8.72. The first kappa shape index (κ1) is 22.7. The van der Waals surface area contributed by atoms with Crippen LogP contribution in [-0.4, -0.2) is 64.0 Å². The van der Waals surface area contributed by atoms with Crippen molar-refractivity contribution in [3.05, 3.63) is 64.9 Å². The maximum atomic E-state index is 13.1. The number of piperidine rings is 2. The largest absolute Gasteiger partial charge is 0.484 e. The van der Waals surface area contributed by atoms with Crippen LogP contribution in [0.3, 0.4) is 0 Å². The Bertz CT molecular complexity index is 1160. The number of carbonyl (C=O) groups excluding carboxylic acids is 2. The predicted octanol–water partition coefficient (Wildman–Crippen LogP) is 4.40. The number of hydrogen-bond donors (Lipinski definition) is 0. The molecule has 7 nitrogen and oxygen atoms in total. The molecule has 5 rings (SSSR count). The van der Waals surface area contributed by atoms with Gasteiger partial charge in [0.05, 0.1) is 17.3 Å². The normalized spacial score (nSPS) is 17.2. The van der Waals surface area contributed by atoms with Crippen LogP contribution in [-0.2, 0) is 4.79 Å². The number of halogens is 1. The van der Waals surface area contributed by atoms with Crippen molar-refractivity contribution in [1.29, 1.82) is 0 Å². The topological polar surface area (TPSA) is 67.2 Å². The molecule has 0 unspecified atom stereocenters. The number of amides is 2. The number of hydrogen-bond acceptors (Lipinski definition) is 4. The van der Waals surface area contributed by atoms with Gasteiger partial charge < -0.3 is 14.5 Å². The van der Waals surface area contributed by atoms with Crippen molar-refractivity contribution in [2.75, 3.05) is 32.8 Å². The maximum absolute atomic E-state index is 13.1.